The highest BCUT2D eigenvalue weighted by Gasteiger charge is 2.02. The van der Waals surface area contributed by atoms with E-state index in [-0.39, 0.29) is 5.88 Å². The summed E-state index contributed by atoms with van der Waals surface area (Å²) in [6.07, 6.45) is 3.56. The predicted octanol–water partition coefficient (Wildman–Crippen LogP) is 1.22. The molecule has 11 heavy (non-hydrogen) atoms. The first kappa shape index (κ1) is 8.50. The number of nitrogens with zero attached hydrogens (tertiary/aromatic N) is 1. The summed E-state index contributed by atoms with van der Waals surface area (Å²) in [5, 5.41) is 9.15. The third-order valence-electron chi connectivity index (χ3n) is 1.37. The van der Waals surface area contributed by atoms with Gasteiger partial charge in [0.2, 0.25) is 0 Å². The van der Waals surface area contributed by atoms with Crippen LogP contribution in [0.3, 0.4) is 0 Å². The molecular weight excluding hydrogens is 162 g/mol. The minimum absolute atomic E-state index is 0.273. The molecule has 1 atom stereocenters. The van der Waals surface area contributed by atoms with Gasteiger partial charge in [-0.25, -0.2) is 0 Å². The monoisotopic (exact) mass is 171 g/mol. The Morgan fingerprint density at radius 2 is 2.45 bits per heavy atom. The summed E-state index contributed by atoms with van der Waals surface area (Å²) in [7, 11) is 0. The largest absolute Gasteiger partial charge is 0.392 e. The van der Waals surface area contributed by atoms with Crippen molar-refractivity contribution in [2.75, 3.05) is 5.88 Å². The lowest BCUT2D eigenvalue weighted by molar-refractivity contribution is 0.198. The second kappa shape index (κ2) is 4.31. The summed E-state index contributed by atoms with van der Waals surface area (Å²) < 4.78 is 0. The molecule has 1 N–H and O–H groups in total. The lowest BCUT2D eigenvalue weighted by Crippen LogP contribution is -2.11. The summed E-state index contributed by atoms with van der Waals surface area (Å²) in [5.74, 6) is 0.273. The first-order chi connectivity index (χ1) is 5.33. The van der Waals surface area contributed by atoms with Crippen LogP contribution in [-0.2, 0) is 6.42 Å². The molecule has 1 aromatic rings. The van der Waals surface area contributed by atoms with Crippen LogP contribution in [0, 0.1) is 0 Å². The molecule has 1 rings (SSSR count). The number of alkyl halides is 1. The average Bonchev–Trinajstić information content (AvgIpc) is 2.06. The van der Waals surface area contributed by atoms with Gasteiger partial charge in [-0.3, -0.25) is 4.98 Å². The lowest BCUT2D eigenvalue weighted by atomic mass is 10.1. The smallest absolute Gasteiger partial charge is 0.0716 e. The quantitative estimate of drug-likeness (QED) is 0.694. The Labute approximate surface area is 70.8 Å². The molecule has 3 heteroatoms. The number of halogens is 1. The molecular formula is C8H10ClNO. The van der Waals surface area contributed by atoms with Gasteiger partial charge in [0.1, 0.15) is 0 Å². The SMILES string of the molecule is OC(CCl)Cc1cccnc1. The molecule has 1 unspecified atom stereocenters. The number of pyridine rings is 1. The van der Waals surface area contributed by atoms with Crippen LogP contribution in [0.2, 0.25) is 0 Å². The van der Waals surface area contributed by atoms with Crippen LogP contribution in [0.4, 0.5) is 0 Å². The fourth-order valence-corrected chi connectivity index (χ4v) is 0.955. The molecule has 0 saturated heterocycles. The average molecular weight is 172 g/mol. The van der Waals surface area contributed by atoms with Crippen LogP contribution < -0.4 is 0 Å². The topological polar surface area (TPSA) is 33.1 Å². The Kier molecular flexibility index (Phi) is 3.33. The molecule has 0 aliphatic carbocycles. The fraction of sp³-hybridized carbons (Fsp3) is 0.375. The molecule has 0 fully saturated rings. The maximum Gasteiger partial charge on any atom is 0.0716 e. The molecule has 60 valence electrons. The van der Waals surface area contributed by atoms with E-state index in [9.17, 15) is 0 Å². The molecule has 0 spiro atoms. The minimum atomic E-state index is -0.458. The Morgan fingerprint density at radius 1 is 1.64 bits per heavy atom. The minimum Gasteiger partial charge on any atom is -0.392 e. The molecule has 2 nitrogen and oxygen atoms in total. The van der Waals surface area contributed by atoms with E-state index in [1.54, 1.807) is 12.4 Å². The van der Waals surface area contributed by atoms with Gasteiger partial charge in [0.15, 0.2) is 0 Å². The van der Waals surface area contributed by atoms with Gasteiger partial charge in [0, 0.05) is 24.7 Å². The first-order valence-electron chi connectivity index (χ1n) is 3.46. The van der Waals surface area contributed by atoms with Crippen LogP contribution >= 0.6 is 11.6 Å². The third-order valence-corrected chi connectivity index (χ3v) is 1.73. The van der Waals surface area contributed by atoms with Crippen molar-refractivity contribution in [1.29, 1.82) is 0 Å². The second-order valence-corrected chi connectivity index (χ2v) is 2.68. The first-order valence-corrected chi connectivity index (χ1v) is 3.99. The third kappa shape index (κ3) is 2.87. The van der Waals surface area contributed by atoms with Crippen molar-refractivity contribution in [2.24, 2.45) is 0 Å². The summed E-state index contributed by atoms with van der Waals surface area (Å²) in [4.78, 5) is 3.92. The van der Waals surface area contributed by atoms with Crippen LogP contribution in [-0.4, -0.2) is 22.1 Å². The molecule has 0 aliphatic rings. The molecule has 1 aromatic heterocycles. The number of aliphatic hydroxyl groups is 1. The maximum absolute atomic E-state index is 9.15. The Balaban J connectivity index is 2.51. The Hall–Kier alpha value is -0.600. The number of rotatable bonds is 3. The summed E-state index contributed by atoms with van der Waals surface area (Å²) in [6.45, 7) is 0. The van der Waals surface area contributed by atoms with Gasteiger partial charge in [-0.2, -0.15) is 0 Å². The predicted molar refractivity (Wildman–Crippen MR) is 44.7 cm³/mol. The summed E-state index contributed by atoms with van der Waals surface area (Å²) in [5.41, 5.74) is 1.01. The van der Waals surface area contributed by atoms with Gasteiger partial charge < -0.3 is 5.11 Å². The molecule has 0 aromatic carbocycles. The van der Waals surface area contributed by atoms with Gasteiger partial charge >= 0.3 is 0 Å². The molecule has 0 amide bonds. The van der Waals surface area contributed by atoms with Crippen LogP contribution in [0.5, 0.6) is 0 Å². The van der Waals surface area contributed by atoms with Crippen LogP contribution in [0.1, 0.15) is 5.56 Å². The van der Waals surface area contributed by atoms with Crippen molar-refractivity contribution in [1.82, 2.24) is 4.98 Å². The molecule has 0 bridgehead atoms. The number of hydrogen-bond acceptors (Lipinski definition) is 2. The van der Waals surface area contributed by atoms with Gasteiger partial charge in [0.05, 0.1) is 6.10 Å². The zero-order chi connectivity index (χ0) is 8.10. The maximum atomic E-state index is 9.15. The van der Waals surface area contributed by atoms with E-state index < -0.39 is 6.10 Å². The zero-order valence-corrected chi connectivity index (χ0v) is 6.83. The van der Waals surface area contributed by atoms with Gasteiger partial charge in [-0.15, -0.1) is 11.6 Å². The lowest BCUT2D eigenvalue weighted by Gasteiger charge is -2.04. The highest BCUT2D eigenvalue weighted by atomic mass is 35.5. The standard InChI is InChI=1S/C8H10ClNO/c9-5-8(11)4-7-2-1-3-10-6-7/h1-3,6,8,11H,4-5H2. The van der Waals surface area contributed by atoms with Crippen molar-refractivity contribution in [3.05, 3.63) is 30.1 Å². The van der Waals surface area contributed by atoms with Gasteiger partial charge in [-0.05, 0) is 11.6 Å². The number of aromatic nitrogens is 1. The van der Waals surface area contributed by atoms with E-state index in [1.165, 1.54) is 0 Å². The molecule has 1 heterocycles. The normalized spacial score (nSPS) is 12.9. The van der Waals surface area contributed by atoms with Crippen molar-refractivity contribution in [3.8, 4) is 0 Å². The van der Waals surface area contributed by atoms with E-state index in [4.69, 9.17) is 16.7 Å². The number of hydrogen-bond donors (Lipinski definition) is 1. The van der Waals surface area contributed by atoms with Crippen molar-refractivity contribution in [3.63, 3.8) is 0 Å². The Morgan fingerprint density at radius 3 is 3.00 bits per heavy atom. The zero-order valence-electron chi connectivity index (χ0n) is 6.07. The number of aliphatic hydroxyl groups excluding tert-OH is 1. The molecule has 0 aliphatic heterocycles. The van der Waals surface area contributed by atoms with Crippen molar-refractivity contribution in [2.45, 2.75) is 12.5 Å². The Bertz CT molecular complexity index is 203. The van der Waals surface area contributed by atoms with Crippen LogP contribution in [0.15, 0.2) is 24.5 Å². The van der Waals surface area contributed by atoms with E-state index in [0.29, 0.717) is 6.42 Å². The molecule has 0 radical (unpaired) electrons. The highest BCUT2D eigenvalue weighted by Crippen LogP contribution is 2.01. The summed E-state index contributed by atoms with van der Waals surface area (Å²) >= 11 is 5.43. The van der Waals surface area contributed by atoms with Gasteiger partial charge in [0.25, 0.3) is 0 Å². The van der Waals surface area contributed by atoms with Crippen LogP contribution in [0.25, 0.3) is 0 Å². The van der Waals surface area contributed by atoms with Crippen molar-refractivity contribution >= 4 is 11.6 Å². The van der Waals surface area contributed by atoms with E-state index in [0.717, 1.165) is 5.56 Å². The van der Waals surface area contributed by atoms with Gasteiger partial charge in [-0.1, -0.05) is 6.07 Å². The highest BCUT2D eigenvalue weighted by molar-refractivity contribution is 6.18. The van der Waals surface area contributed by atoms with E-state index in [1.807, 2.05) is 12.1 Å². The van der Waals surface area contributed by atoms with E-state index >= 15 is 0 Å². The fourth-order valence-electron chi connectivity index (χ4n) is 0.846. The van der Waals surface area contributed by atoms with Crippen molar-refractivity contribution < 1.29 is 5.11 Å². The van der Waals surface area contributed by atoms with E-state index in [2.05, 4.69) is 4.98 Å². The molecule has 0 saturated carbocycles. The second-order valence-electron chi connectivity index (χ2n) is 2.37. The summed E-state index contributed by atoms with van der Waals surface area (Å²) in [6, 6.07) is 3.76.